The molecule has 0 bridgehead atoms. The monoisotopic (exact) mass is 445 g/mol. The highest BCUT2D eigenvalue weighted by Crippen LogP contribution is 2.25. The zero-order valence-corrected chi connectivity index (χ0v) is 18.3. The number of carbonyl (C=O) groups is 1. The van der Waals surface area contributed by atoms with E-state index in [0.29, 0.717) is 17.9 Å². The molecule has 2 aromatic rings. The average Bonchev–Trinajstić information content (AvgIpc) is 3.26. The van der Waals surface area contributed by atoms with Crippen LogP contribution in [0.15, 0.2) is 30.7 Å². The lowest BCUT2D eigenvalue weighted by Crippen LogP contribution is -2.43. The van der Waals surface area contributed by atoms with Crippen molar-refractivity contribution in [1.29, 1.82) is 0 Å². The Bertz CT molecular complexity index is 1020. The molecule has 2 aromatic heterocycles. The Kier molecular flexibility index (Phi) is 6.21. The van der Waals surface area contributed by atoms with Crippen molar-refractivity contribution in [2.45, 2.75) is 18.9 Å². The first-order valence-corrected chi connectivity index (χ1v) is 12.2. The fraction of sp³-hybridized carbons (Fsp3) is 0.500. The van der Waals surface area contributed by atoms with E-state index >= 15 is 0 Å². The van der Waals surface area contributed by atoms with Crippen LogP contribution in [0.5, 0.6) is 0 Å². The van der Waals surface area contributed by atoms with E-state index in [1.54, 1.807) is 29.6 Å². The molecule has 0 aliphatic carbocycles. The zero-order valence-electron chi connectivity index (χ0n) is 17.5. The number of carbonyl (C=O) groups excluding carboxylic acids is 1. The maximum absolute atomic E-state index is 12.6. The van der Waals surface area contributed by atoms with E-state index in [-0.39, 0.29) is 36.5 Å². The van der Waals surface area contributed by atoms with Gasteiger partial charge in [0, 0.05) is 51.5 Å². The molecule has 0 spiro atoms. The molecule has 1 unspecified atom stereocenters. The lowest BCUT2D eigenvalue weighted by Gasteiger charge is -2.27. The highest BCUT2D eigenvalue weighted by molar-refractivity contribution is 7.91. The molecule has 1 amide bonds. The summed E-state index contributed by atoms with van der Waals surface area (Å²) in [6.45, 7) is 2.12. The minimum atomic E-state index is -3.02. The second-order valence-corrected chi connectivity index (χ2v) is 10.1. The number of rotatable bonds is 6. The molecule has 2 saturated heterocycles. The van der Waals surface area contributed by atoms with E-state index in [9.17, 15) is 13.2 Å². The number of aromatic nitrogens is 3. The van der Waals surface area contributed by atoms with Crippen molar-refractivity contribution in [2.75, 3.05) is 60.3 Å². The largest absolute Gasteiger partial charge is 0.373 e. The van der Waals surface area contributed by atoms with E-state index in [2.05, 4.69) is 30.5 Å². The molecule has 2 N–H and O–H groups in total. The summed E-state index contributed by atoms with van der Waals surface area (Å²) in [4.78, 5) is 29.4. The van der Waals surface area contributed by atoms with Crippen LogP contribution < -0.4 is 15.5 Å². The zero-order chi connectivity index (χ0) is 21.8. The van der Waals surface area contributed by atoms with Crippen molar-refractivity contribution in [2.24, 2.45) is 0 Å². The summed E-state index contributed by atoms with van der Waals surface area (Å²) in [5, 5.41) is 6.40. The van der Waals surface area contributed by atoms with Gasteiger partial charge in [-0.3, -0.25) is 4.79 Å². The van der Waals surface area contributed by atoms with Gasteiger partial charge in [0.1, 0.15) is 23.8 Å². The Morgan fingerprint density at radius 3 is 2.65 bits per heavy atom. The second kappa shape index (κ2) is 9.04. The molecule has 2 aliphatic rings. The molecule has 1 atom stereocenters. The van der Waals surface area contributed by atoms with E-state index in [1.807, 2.05) is 13.1 Å². The fourth-order valence-electron chi connectivity index (χ4n) is 3.94. The second-order valence-electron chi connectivity index (χ2n) is 7.76. The average molecular weight is 446 g/mol. The molecule has 0 radical (unpaired) electrons. The van der Waals surface area contributed by atoms with Gasteiger partial charge >= 0.3 is 0 Å². The Balaban J connectivity index is 1.34. The van der Waals surface area contributed by atoms with Crippen molar-refractivity contribution in [3.8, 4) is 0 Å². The van der Waals surface area contributed by atoms with E-state index in [0.717, 1.165) is 31.0 Å². The quantitative estimate of drug-likeness (QED) is 0.667. The minimum absolute atomic E-state index is 0.0197. The topological polar surface area (TPSA) is 120 Å². The molecule has 166 valence electrons. The number of amides is 1. The summed E-state index contributed by atoms with van der Waals surface area (Å²) in [7, 11) is -1.18. The molecule has 0 aromatic carbocycles. The fourth-order valence-corrected chi connectivity index (χ4v) is 5.14. The van der Waals surface area contributed by atoms with Gasteiger partial charge in [0.2, 0.25) is 0 Å². The van der Waals surface area contributed by atoms with Crippen LogP contribution in [-0.2, 0) is 9.84 Å². The summed E-state index contributed by atoms with van der Waals surface area (Å²) in [5.74, 6) is 2.25. The molecule has 4 heterocycles. The third-order valence-corrected chi connectivity index (χ3v) is 7.35. The summed E-state index contributed by atoms with van der Waals surface area (Å²) in [6.07, 6.45) is 5.26. The van der Waals surface area contributed by atoms with E-state index in [1.165, 1.54) is 0 Å². The molecule has 2 fully saturated rings. The number of hydrogen-bond donors (Lipinski definition) is 2. The first kappa shape index (κ1) is 21.3. The van der Waals surface area contributed by atoms with Crippen molar-refractivity contribution < 1.29 is 13.2 Å². The van der Waals surface area contributed by atoms with Gasteiger partial charge in [0.25, 0.3) is 5.91 Å². The molecule has 10 nitrogen and oxygen atoms in total. The number of nitrogens with one attached hydrogen (secondary N) is 2. The van der Waals surface area contributed by atoms with Crippen LogP contribution in [0.3, 0.4) is 0 Å². The third-order valence-electron chi connectivity index (χ3n) is 5.74. The van der Waals surface area contributed by atoms with Crippen LogP contribution in [0.1, 0.15) is 23.2 Å². The van der Waals surface area contributed by atoms with Crippen molar-refractivity contribution >= 4 is 33.2 Å². The summed E-state index contributed by atoms with van der Waals surface area (Å²) in [6, 6.07) is 5.76. The van der Waals surface area contributed by atoms with Gasteiger partial charge < -0.3 is 20.4 Å². The summed E-state index contributed by atoms with van der Waals surface area (Å²) >= 11 is 0. The Morgan fingerprint density at radius 1 is 1.13 bits per heavy atom. The van der Waals surface area contributed by atoms with Crippen LogP contribution >= 0.6 is 0 Å². The molecular weight excluding hydrogens is 418 g/mol. The predicted molar refractivity (Wildman–Crippen MR) is 119 cm³/mol. The minimum Gasteiger partial charge on any atom is -0.373 e. The van der Waals surface area contributed by atoms with Gasteiger partial charge in [0.05, 0.1) is 17.1 Å². The Hall–Kier alpha value is -2.95. The molecule has 31 heavy (non-hydrogen) atoms. The highest BCUT2D eigenvalue weighted by atomic mass is 32.2. The molecule has 0 saturated carbocycles. The summed E-state index contributed by atoms with van der Waals surface area (Å²) < 4.78 is 23.1. The molecular formula is C20H27N7O3S. The van der Waals surface area contributed by atoms with Gasteiger partial charge in [-0.1, -0.05) is 0 Å². The lowest BCUT2D eigenvalue weighted by atomic mass is 10.2. The van der Waals surface area contributed by atoms with Crippen LogP contribution in [0.4, 0.5) is 17.5 Å². The van der Waals surface area contributed by atoms with Crippen LogP contribution in [-0.4, -0.2) is 85.0 Å². The standard InChI is InChI=1S/C20H27N7O3S/c1-21-18-11-19(25-14-24-18)27-6-2-3-16(27)13-23-17-5-4-15(12-22-17)20(28)26-7-9-31(29,30)10-8-26/h4-5,11-12,14,16H,2-3,6-10,13H2,1H3,(H,22,23)(H,21,24,25). The first-order chi connectivity index (χ1) is 14.9. The smallest absolute Gasteiger partial charge is 0.255 e. The highest BCUT2D eigenvalue weighted by Gasteiger charge is 2.27. The Labute approximate surface area is 182 Å². The first-order valence-electron chi connectivity index (χ1n) is 10.4. The van der Waals surface area contributed by atoms with E-state index < -0.39 is 9.84 Å². The maximum Gasteiger partial charge on any atom is 0.255 e. The maximum atomic E-state index is 12.6. The normalized spacial score (nSPS) is 20.5. The van der Waals surface area contributed by atoms with Gasteiger partial charge in [-0.25, -0.2) is 23.4 Å². The van der Waals surface area contributed by atoms with Gasteiger partial charge in [-0.15, -0.1) is 0 Å². The van der Waals surface area contributed by atoms with Crippen molar-refractivity contribution in [1.82, 2.24) is 19.9 Å². The van der Waals surface area contributed by atoms with Gasteiger partial charge in [0.15, 0.2) is 9.84 Å². The van der Waals surface area contributed by atoms with Gasteiger partial charge in [-0.2, -0.15) is 0 Å². The van der Waals surface area contributed by atoms with Gasteiger partial charge in [-0.05, 0) is 25.0 Å². The van der Waals surface area contributed by atoms with Crippen molar-refractivity contribution in [3.05, 3.63) is 36.3 Å². The third kappa shape index (κ3) is 5.04. The molecule has 4 rings (SSSR count). The number of nitrogens with zero attached hydrogens (tertiary/aromatic N) is 5. The molecule has 2 aliphatic heterocycles. The van der Waals surface area contributed by atoms with Crippen LogP contribution in [0.2, 0.25) is 0 Å². The summed E-state index contributed by atoms with van der Waals surface area (Å²) in [5.41, 5.74) is 0.466. The van der Waals surface area contributed by atoms with E-state index in [4.69, 9.17) is 0 Å². The number of pyridine rings is 1. The Morgan fingerprint density at radius 2 is 1.94 bits per heavy atom. The number of sulfone groups is 1. The lowest BCUT2D eigenvalue weighted by molar-refractivity contribution is 0.0770. The molecule has 11 heteroatoms. The number of hydrogen-bond acceptors (Lipinski definition) is 9. The predicted octanol–water partition coefficient (Wildman–Crippen LogP) is 0.865. The number of anilines is 3. The van der Waals surface area contributed by atoms with Crippen LogP contribution in [0.25, 0.3) is 0 Å². The van der Waals surface area contributed by atoms with Crippen LogP contribution in [0, 0.1) is 0 Å². The van der Waals surface area contributed by atoms with Crippen molar-refractivity contribution in [3.63, 3.8) is 0 Å². The SMILES string of the molecule is CNc1cc(N2CCCC2CNc2ccc(C(=O)N3CCS(=O)(=O)CC3)cn2)ncn1.